The Hall–Kier alpha value is -2.24. The minimum atomic E-state index is -4.49. The van der Waals surface area contributed by atoms with Gasteiger partial charge >= 0.3 is 6.18 Å². The van der Waals surface area contributed by atoms with Gasteiger partial charge in [0.05, 0.1) is 17.7 Å². The summed E-state index contributed by atoms with van der Waals surface area (Å²) in [5.74, 6) is -0.490. The van der Waals surface area contributed by atoms with Gasteiger partial charge in [0.2, 0.25) is 5.91 Å². The molecule has 0 aliphatic rings. The van der Waals surface area contributed by atoms with Gasteiger partial charge in [0.15, 0.2) is 0 Å². The Kier molecular flexibility index (Phi) is 3.59. The molecule has 0 fully saturated rings. The molecule has 0 unspecified atom stereocenters. The first-order valence-corrected chi connectivity index (χ1v) is 5.54. The molecule has 1 heterocycles. The molecule has 6 heteroatoms. The maximum Gasteiger partial charge on any atom is 0.418 e. The average Bonchev–Trinajstić information content (AvgIpc) is 2.81. The van der Waals surface area contributed by atoms with Gasteiger partial charge < -0.3 is 10.3 Å². The number of hydrogen-bond donors (Lipinski definition) is 2. The molecule has 2 aromatic rings. The van der Waals surface area contributed by atoms with Crippen molar-refractivity contribution in [1.29, 1.82) is 0 Å². The number of anilines is 1. The number of para-hydroxylation sites is 1. The second kappa shape index (κ2) is 5.17. The fourth-order valence-electron chi connectivity index (χ4n) is 1.69. The van der Waals surface area contributed by atoms with Gasteiger partial charge in [-0.1, -0.05) is 12.1 Å². The van der Waals surface area contributed by atoms with Crippen LogP contribution in [-0.4, -0.2) is 10.9 Å². The van der Waals surface area contributed by atoms with Crippen LogP contribution in [0.1, 0.15) is 11.1 Å². The number of benzene rings is 1. The van der Waals surface area contributed by atoms with Crippen molar-refractivity contribution < 1.29 is 18.0 Å². The molecular weight excluding hydrogens is 257 g/mol. The van der Waals surface area contributed by atoms with E-state index >= 15 is 0 Å². The van der Waals surface area contributed by atoms with Gasteiger partial charge in [-0.3, -0.25) is 4.79 Å². The van der Waals surface area contributed by atoms with Crippen molar-refractivity contribution >= 4 is 11.6 Å². The molecule has 0 bridgehead atoms. The number of halogens is 3. The Balaban J connectivity index is 2.13. The molecule has 0 saturated carbocycles. The molecule has 0 aliphatic heterocycles. The van der Waals surface area contributed by atoms with Crippen molar-refractivity contribution in [3.63, 3.8) is 0 Å². The van der Waals surface area contributed by atoms with Crippen LogP contribution in [0.25, 0.3) is 0 Å². The predicted molar refractivity (Wildman–Crippen MR) is 64.6 cm³/mol. The van der Waals surface area contributed by atoms with Crippen molar-refractivity contribution in [3.05, 3.63) is 53.9 Å². The van der Waals surface area contributed by atoms with Gasteiger partial charge in [-0.25, -0.2) is 0 Å². The second-order valence-electron chi connectivity index (χ2n) is 3.99. The lowest BCUT2D eigenvalue weighted by atomic mass is 10.1. The molecule has 0 radical (unpaired) electrons. The van der Waals surface area contributed by atoms with Crippen LogP contribution in [0.15, 0.2) is 42.7 Å². The highest BCUT2D eigenvalue weighted by molar-refractivity contribution is 5.93. The maximum absolute atomic E-state index is 12.7. The number of rotatable bonds is 3. The van der Waals surface area contributed by atoms with E-state index in [4.69, 9.17) is 0 Å². The summed E-state index contributed by atoms with van der Waals surface area (Å²) in [6.45, 7) is 0. The van der Waals surface area contributed by atoms with Gasteiger partial charge in [0.25, 0.3) is 0 Å². The van der Waals surface area contributed by atoms with Crippen LogP contribution < -0.4 is 5.32 Å². The molecule has 19 heavy (non-hydrogen) atoms. The Morgan fingerprint density at radius 2 is 1.95 bits per heavy atom. The molecule has 0 saturated heterocycles. The van der Waals surface area contributed by atoms with E-state index in [1.54, 1.807) is 18.5 Å². The van der Waals surface area contributed by atoms with Crippen LogP contribution in [0.3, 0.4) is 0 Å². The summed E-state index contributed by atoms with van der Waals surface area (Å²) >= 11 is 0. The molecule has 2 rings (SSSR count). The molecule has 2 N–H and O–H groups in total. The van der Waals surface area contributed by atoms with Gasteiger partial charge in [-0.05, 0) is 23.8 Å². The third-order valence-corrected chi connectivity index (χ3v) is 2.53. The fourth-order valence-corrected chi connectivity index (χ4v) is 1.69. The normalized spacial score (nSPS) is 11.3. The maximum atomic E-state index is 12.7. The summed E-state index contributed by atoms with van der Waals surface area (Å²) in [7, 11) is 0. The van der Waals surface area contributed by atoms with E-state index in [0.29, 0.717) is 5.56 Å². The van der Waals surface area contributed by atoms with Crippen LogP contribution in [-0.2, 0) is 17.4 Å². The van der Waals surface area contributed by atoms with E-state index in [2.05, 4.69) is 10.3 Å². The molecule has 1 amide bonds. The number of carbonyl (C=O) groups is 1. The first-order valence-electron chi connectivity index (χ1n) is 5.54. The topological polar surface area (TPSA) is 44.9 Å². The predicted octanol–water partition coefficient (Wildman–Crippen LogP) is 3.21. The van der Waals surface area contributed by atoms with E-state index in [1.165, 1.54) is 18.2 Å². The summed E-state index contributed by atoms with van der Waals surface area (Å²) in [5.41, 5.74) is -0.366. The zero-order valence-corrected chi connectivity index (χ0v) is 9.79. The molecule has 1 aromatic carbocycles. The van der Waals surface area contributed by atoms with Crippen LogP contribution in [0, 0.1) is 0 Å². The summed E-state index contributed by atoms with van der Waals surface area (Å²) in [5, 5.41) is 2.28. The van der Waals surface area contributed by atoms with Crippen LogP contribution in [0.5, 0.6) is 0 Å². The number of nitrogens with one attached hydrogen (secondary N) is 2. The smallest absolute Gasteiger partial charge is 0.367 e. The Bertz CT molecular complexity index is 562. The summed E-state index contributed by atoms with van der Waals surface area (Å²) < 4.78 is 38.2. The minimum Gasteiger partial charge on any atom is -0.367 e. The SMILES string of the molecule is O=C(Cc1cc[nH]c1)Nc1ccccc1C(F)(F)F. The first-order chi connectivity index (χ1) is 8.97. The van der Waals surface area contributed by atoms with Gasteiger partial charge in [0.1, 0.15) is 0 Å². The number of carbonyl (C=O) groups excluding carboxylic acids is 1. The number of H-pyrrole nitrogens is 1. The van der Waals surface area contributed by atoms with Crippen LogP contribution in [0.4, 0.5) is 18.9 Å². The van der Waals surface area contributed by atoms with Crippen LogP contribution >= 0.6 is 0 Å². The number of amides is 1. The minimum absolute atomic E-state index is 0.0235. The fraction of sp³-hybridized carbons (Fsp3) is 0.154. The van der Waals surface area contributed by atoms with E-state index in [9.17, 15) is 18.0 Å². The highest BCUT2D eigenvalue weighted by atomic mass is 19.4. The first kappa shape index (κ1) is 13.2. The Labute approximate surface area is 107 Å². The number of aromatic amines is 1. The van der Waals surface area contributed by atoms with E-state index in [1.807, 2.05) is 0 Å². The highest BCUT2D eigenvalue weighted by Gasteiger charge is 2.33. The number of aromatic nitrogens is 1. The van der Waals surface area contributed by atoms with Crippen molar-refractivity contribution in [2.75, 3.05) is 5.32 Å². The lowest BCUT2D eigenvalue weighted by molar-refractivity contribution is -0.137. The molecule has 0 spiro atoms. The lowest BCUT2D eigenvalue weighted by Crippen LogP contribution is -2.18. The molecule has 1 aromatic heterocycles. The van der Waals surface area contributed by atoms with Crippen molar-refractivity contribution in [3.8, 4) is 0 Å². The van der Waals surface area contributed by atoms with Crippen molar-refractivity contribution in [2.24, 2.45) is 0 Å². The number of alkyl halides is 3. The van der Waals surface area contributed by atoms with Crippen LogP contribution in [0.2, 0.25) is 0 Å². The zero-order chi connectivity index (χ0) is 13.9. The average molecular weight is 268 g/mol. The van der Waals surface area contributed by atoms with E-state index in [-0.39, 0.29) is 12.1 Å². The molecular formula is C13H11F3N2O. The van der Waals surface area contributed by atoms with E-state index in [0.717, 1.165) is 6.07 Å². The Morgan fingerprint density at radius 3 is 2.58 bits per heavy atom. The van der Waals surface area contributed by atoms with Gasteiger partial charge in [-0.2, -0.15) is 13.2 Å². The standard InChI is InChI=1S/C13H11F3N2O/c14-13(15,16)10-3-1-2-4-11(10)18-12(19)7-9-5-6-17-8-9/h1-6,8,17H,7H2,(H,18,19). The lowest BCUT2D eigenvalue weighted by Gasteiger charge is -2.13. The number of hydrogen-bond acceptors (Lipinski definition) is 1. The summed E-state index contributed by atoms with van der Waals surface area (Å²) in [6.07, 6.45) is -1.20. The van der Waals surface area contributed by atoms with E-state index < -0.39 is 17.6 Å². The summed E-state index contributed by atoms with van der Waals surface area (Å²) in [4.78, 5) is 14.4. The highest BCUT2D eigenvalue weighted by Crippen LogP contribution is 2.34. The quantitative estimate of drug-likeness (QED) is 0.882. The Morgan fingerprint density at radius 1 is 1.21 bits per heavy atom. The summed E-state index contributed by atoms with van der Waals surface area (Å²) in [6, 6.07) is 6.59. The molecule has 0 atom stereocenters. The van der Waals surface area contributed by atoms with Crippen molar-refractivity contribution in [1.82, 2.24) is 4.98 Å². The van der Waals surface area contributed by atoms with Gasteiger partial charge in [-0.15, -0.1) is 0 Å². The zero-order valence-electron chi connectivity index (χ0n) is 9.79. The third kappa shape index (κ3) is 3.37. The van der Waals surface area contributed by atoms with Gasteiger partial charge in [0, 0.05) is 12.4 Å². The molecule has 0 aliphatic carbocycles. The third-order valence-electron chi connectivity index (χ3n) is 2.53. The molecule has 3 nitrogen and oxygen atoms in total. The monoisotopic (exact) mass is 268 g/mol. The second-order valence-corrected chi connectivity index (χ2v) is 3.99. The molecule has 100 valence electrons. The van der Waals surface area contributed by atoms with Crippen molar-refractivity contribution in [2.45, 2.75) is 12.6 Å². The largest absolute Gasteiger partial charge is 0.418 e.